The summed E-state index contributed by atoms with van der Waals surface area (Å²) in [6.07, 6.45) is 10.1. The second-order valence-corrected chi connectivity index (χ2v) is 8.27. The highest BCUT2D eigenvalue weighted by Gasteiger charge is 2.53. The van der Waals surface area contributed by atoms with Gasteiger partial charge in [-0.2, -0.15) is 0 Å². The predicted octanol–water partition coefficient (Wildman–Crippen LogP) is 5.28. The van der Waals surface area contributed by atoms with Crippen molar-refractivity contribution in [3.63, 3.8) is 0 Å². The van der Waals surface area contributed by atoms with Crippen LogP contribution in [0.25, 0.3) is 0 Å². The average Bonchev–Trinajstić information content (AvgIpc) is 2.50. The van der Waals surface area contributed by atoms with Crippen molar-refractivity contribution in [3.05, 3.63) is 23.8 Å². The third kappa shape index (κ3) is 3.22. The van der Waals surface area contributed by atoms with E-state index in [2.05, 4.69) is 33.4 Å². The fourth-order valence-corrected chi connectivity index (χ4v) is 5.12. The predicted molar refractivity (Wildman–Crippen MR) is 95.2 cm³/mol. The number of carbonyl (C=O) groups is 2. The van der Waals surface area contributed by atoms with Gasteiger partial charge in [-0.1, -0.05) is 39.0 Å². The summed E-state index contributed by atoms with van der Waals surface area (Å²) in [5.41, 5.74) is 2.53. The lowest BCUT2D eigenvalue weighted by Gasteiger charge is -2.58. The van der Waals surface area contributed by atoms with E-state index in [1.165, 1.54) is 31.3 Å². The maximum atomic E-state index is 11.7. The summed E-state index contributed by atoms with van der Waals surface area (Å²) in [7, 11) is 0. The number of fused-ring (bicyclic) bond motifs is 1. The molecule has 0 spiro atoms. The second kappa shape index (κ2) is 6.75. The number of Topliss-reactive ketones (excluding diaryl/α,β-unsaturated/α-hetero) is 1. The number of rotatable bonds is 5. The largest absolute Gasteiger partial charge is 0.303 e. The summed E-state index contributed by atoms with van der Waals surface area (Å²) < 4.78 is 0. The molecule has 2 heteroatoms. The van der Waals surface area contributed by atoms with Gasteiger partial charge >= 0.3 is 0 Å². The van der Waals surface area contributed by atoms with Crippen molar-refractivity contribution in [1.82, 2.24) is 0 Å². The van der Waals surface area contributed by atoms with Gasteiger partial charge in [0, 0.05) is 6.42 Å². The van der Waals surface area contributed by atoms with Gasteiger partial charge < -0.3 is 4.79 Å². The summed E-state index contributed by atoms with van der Waals surface area (Å²) in [6, 6.07) is 0. The summed E-state index contributed by atoms with van der Waals surface area (Å²) in [5, 5.41) is 0. The van der Waals surface area contributed by atoms with Crippen LogP contribution in [0.4, 0.5) is 0 Å². The lowest BCUT2D eigenvalue weighted by molar-refractivity contribution is -0.115. The van der Waals surface area contributed by atoms with Gasteiger partial charge in [0.25, 0.3) is 0 Å². The van der Waals surface area contributed by atoms with Gasteiger partial charge in [0.1, 0.15) is 6.29 Å². The van der Waals surface area contributed by atoms with Crippen LogP contribution in [0, 0.1) is 22.7 Å². The van der Waals surface area contributed by atoms with Crippen LogP contribution in [0.3, 0.4) is 0 Å². The zero-order valence-corrected chi connectivity index (χ0v) is 15.3. The van der Waals surface area contributed by atoms with Crippen LogP contribution in [-0.2, 0) is 9.59 Å². The molecule has 0 saturated heterocycles. The van der Waals surface area contributed by atoms with E-state index in [-0.39, 0.29) is 23.0 Å². The van der Waals surface area contributed by atoms with E-state index < -0.39 is 0 Å². The molecule has 128 valence electrons. The van der Waals surface area contributed by atoms with Crippen molar-refractivity contribution < 1.29 is 9.59 Å². The first-order valence-corrected chi connectivity index (χ1v) is 9.07. The zero-order chi connectivity index (χ0) is 17.3. The van der Waals surface area contributed by atoms with Crippen molar-refractivity contribution in [1.29, 1.82) is 0 Å². The highest BCUT2D eigenvalue weighted by Crippen LogP contribution is 2.62. The van der Waals surface area contributed by atoms with E-state index in [1.807, 2.05) is 0 Å². The topological polar surface area (TPSA) is 34.1 Å². The molecule has 0 aromatic rings. The minimum absolute atomic E-state index is 0.0278. The molecule has 0 aromatic carbocycles. The third-order valence-electron chi connectivity index (χ3n) is 7.11. The highest BCUT2D eigenvalue weighted by atomic mass is 16.1. The van der Waals surface area contributed by atoms with Crippen molar-refractivity contribution in [3.8, 4) is 0 Å². The lowest BCUT2D eigenvalue weighted by atomic mass is 9.46. The van der Waals surface area contributed by atoms with Gasteiger partial charge in [0.15, 0.2) is 5.78 Å². The molecule has 2 aliphatic carbocycles. The van der Waals surface area contributed by atoms with Crippen LogP contribution in [0.15, 0.2) is 23.8 Å². The fraction of sp³-hybridized carbons (Fsp3) is 0.714. The molecular formula is C21H32O2. The highest BCUT2D eigenvalue weighted by molar-refractivity contribution is 5.95. The van der Waals surface area contributed by atoms with Crippen molar-refractivity contribution in [2.45, 2.75) is 72.6 Å². The number of carbonyl (C=O) groups excluding carboxylic acids is 2. The Kier molecular flexibility index (Phi) is 5.33. The van der Waals surface area contributed by atoms with Gasteiger partial charge in [-0.3, -0.25) is 4.79 Å². The maximum absolute atomic E-state index is 11.7. The summed E-state index contributed by atoms with van der Waals surface area (Å²) in [5.74, 6) is 1.29. The molecule has 0 amide bonds. The molecule has 0 bridgehead atoms. The molecule has 2 fully saturated rings. The summed E-state index contributed by atoms with van der Waals surface area (Å²) in [6.45, 7) is 13.1. The SMILES string of the molecule is C=C1CCC[C@@H]2[C@@](C)(C/C=C(\CC=O)C(C)=O)[C@H](C)CC[C@@]12C. The Morgan fingerprint density at radius 3 is 2.65 bits per heavy atom. The van der Waals surface area contributed by atoms with Gasteiger partial charge in [-0.15, -0.1) is 0 Å². The standard InChI is InChI=1S/C21H32O2/c1-15-7-6-8-19-20(15,4)12-9-16(2)21(19,5)13-10-18(11-14-22)17(3)23/h10,14,16,19H,1,6-9,11-13H2,2-5H3/b18-10+/t16-,19+,20+,21+/m1/s1. The molecule has 23 heavy (non-hydrogen) atoms. The minimum atomic E-state index is 0.0278. The quantitative estimate of drug-likeness (QED) is 0.393. The normalized spacial score (nSPS) is 38.1. The second-order valence-electron chi connectivity index (χ2n) is 8.27. The Bertz CT molecular complexity index is 530. The maximum Gasteiger partial charge on any atom is 0.155 e. The summed E-state index contributed by atoms with van der Waals surface area (Å²) >= 11 is 0. The molecule has 4 atom stereocenters. The first-order valence-electron chi connectivity index (χ1n) is 9.07. The lowest BCUT2D eigenvalue weighted by Crippen LogP contribution is -2.50. The Morgan fingerprint density at radius 2 is 2.04 bits per heavy atom. The molecule has 2 rings (SSSR count). The molecular weight excluding hydrogens is 284 g/mol. The Hall–Kier alpha value is -1.18. The first-order chi connectivity index (χ1) is 10.8. The molecule has 0 heterocycles. The van der Waals surface area contributed by atoms with Gasteiger partial charge in [0.2, 0.25) is 0 Å². The van der Waals surface area contributed by atoms with E-state index in [9.17, 15) is 9.59 Å². The fourth-order valence-electron chi connectivity index (χ4n) is 5.12. The third-order valence-corrected chi connectivity index (χ3v) is 7.11. The van der Waals surface area contributed by atoms with E-state index in [0.29, 0.717) is 17.4 Å². The Morgan fingerprint density at radius 1 is 1.35 bits per heavy atom. The van der Waals surface area contributed by atoms with Gasteiger partial charge in [-0.05, 0) is 73.7 Å². The first kappa shape index (κ1) is 18.2. The molecule has 2 saturated carbocycles. The molecule has 0 aliphatic heterocycles. The number of ketones is 1. The van der Waals surface area contributed by atoms with E-state index in [1.54, 1.807) is 6.92 Å². The monoisotopic (exact) mass is 316 g/mol. The van der Waals surface area contributed by atoms with Crippen molar-refractivity contribution >= 4 is 12.1 Å². The minimum Gasteiger partial charge on any atom is -0.303 e. The van der Waals surface area contributed by atoms with Gasteiger partial charge in [0.05, 0.1) is 0 Å². The molecule has 2 aliphatic rings. The molecule has 0 aromatic heterocycles. The van der Waals surface area contributed by atoms with Crippen molar-refractivity contribution in [2.24, 2.45) is 22.7 Å². The average molecular weight is 316 g/mol. The van der Waals surface area contributed by atoms with Crippen LogP contribution in [0.5, 0.6) is 0 Å². The summed E-state index contributed by atoms with van der Waals surface area (Å²) in [4.78, 5) is 22.6. The number of hydrogen-bond acceptors (Lipinski definition) is 2. The molecule has 0 unspecified atom stereocenters. The number of allylic oxidation sites excluding steroid dienone is 3. The zero-order valence-electron chi connectivity index (χ0n) is 15.3. The van der Waals surface area contributed by atoms with Crippen LogP contribution in [-0.4, -0.2) is 12.1 Å². The molecule has 0 radical (unpaired) electrons. The molecule has 0 N–H and O–H groups in total. The van der Waals surface area contributed by atoms with E-state index >= 15 is 0 Å². The van der Waals surface area contributed by atoms with Crippen LogP contribution >= 0.6 is 0 Å². The number of aldehydes is 1. The van der Waals surface area contributed by atoms with Gasteiger partial charge in [-0.25, -0.2) is 0 Å². The van der Waals surface area contributed by atoms with Crippen LogP contribution < -0.4 is 0 Å². The van der Waals surface area contributed by atoms with E-state index in [4.69, 9.17) is 0 Å². The van der Waals surface area contributed by atoms with Crippen molar-refractivity contribution in [2.75, 3.05) is 0 Å². The smallest absolute Gasteiger partial charge is 0.155 e. The molecule has 2 nitrogen and oxygen atoms in total. The Balaban J connectivity index is 2.32. The van der Waals surface area contributed by atoms with Crippen LogP contribution in [0.2, 0.25) is 0 Å². The van der Waals surface area contributed by atoms with E-state index in [0.717, 1.165) is 19.1 Å². The Labute approximate surface area is 141 Å². The number of hydrogen-bond donors (Lipinski definition) is 0. The van der Waals surface area contributed by atoms with Crippen LogP contribution in [0.1, 0.15) is 72.6 Å².